The summed E-state index contributed by atoms with van der Waals surface area (Å²) < 4.78 is 15.7. The Bertz CT molecular complexity index is 582. The molecule has 0 bridgehead atoms. The summed E-state index contributed by atoms with van der Waals surface area (Å²) in [5.41, 5.74) is 0.313. The molecule has 1 heterocycles. The van der Waals surface area contributed by atoms with Crippen LogP contribution in [0.3, 0.4) is 0 Å². The number of carboxylic acid groups (broad SMARTS) is 1. The van der Waals surface area contributed by atoms with Crippen LogP contribution in [0.4, 0.5) is 0 Å². The van der Waals surface area contributed by atoms with E-state index in [2.05, 4.69) is 5.32 Å². The molecule has 7 heteroatoms. The van der Waals surface area contributed by atoms with Gasteiger partial charge in [0.05, 0.1) is 25.7 Å². The van der Waals surface area contributed by atoms with Crippen molar-refractivity contribution in [2.45, 2.75) is 12.8 Å². The summed E-state index contributed by atoms with van der Waals surface area (Å²) in [5.74, 6) is -1.14. The van der Waals surface area contributed by atoms with Crippen molar-refractivity contribution in [1.29, 1.82) is 0 Å². The monoisotopic (exact) mass is 337 g/mol. The molecular weight excluding hydrogens is 314 g/mol. The molecule has 1 aliphatic rings. The van der Waals surface area contributed by atoms with Crippen LogP contribution in [-0.4, -0.2) is 51.0 Å². The van der Waals surface area contributed by atoms with E-state index >= 15 is 0 Å². The number of carbonyl (C=O) groups excluding carboxylic acids is 1. The van der Waals surface area contributed by atoms with E-state index in [4.69, 9.17) is 14.2 Å². The number of carboxylic acids is 1. The van der Waals surface area contributed by atoms with Crippen molar-refractivity contribution in [3.8, 4) is 11.5 Å². The molecule has 1 aliphatic heterocycles. The van der Waals surface area contributed by atoms with E-state index in [1.165, 1.54) is 14.2 Å². The second-order valence-corrected chi connectivity index (χ2v) is 5.65. The van der Waals surface area contributed by atoms with Crippen LogP contribution in [0.2, 0.25) is 0 Å². The molecule has 1 atom stereocenters. The lowest BCUT2D eigenvalue weighted by atomic mass is 9.86. The molecule has 1 amide bonds. The summed E-state index contributed by atoms with van der Waals surface area (Å²) in [7, 11) is 2.95. The first-order valence-corrected chi connectivity index (χ1v) is 7.88. The highest BCUT2D eigenvalue weighted by Gasteiger charge is 2.30. The van der Waals surface area contributed by atoms with Gasteiger partial charge in [-0.15, -0.1) is 0 Å². The number of aliphatic carboxylic acids is 1. The fourth-order valence-corrected chi connectivity index (χ4v) is 2.94. The molecule has 0 saturated carbocycles. The van der Waals surface area contributed by atoms with Gasteiger partial charge in [0.1, 0.15) is 0 Å². The van der Waals surface area contributed by atoms with Gasteiger partial charge in [-0.1, -0.05) is 6.07 Å². The smallest absolute Gasteiger partial charge is 0.308 e. The molecule has 24 heavy (non-hydrogen) atoms. The summed E-state index contributed by atoms with van der Waals surface area (Å²) in [5, 5.41) is 12.2. The Kier molecular flexibility index (Phi) is 6.43. The molecule has 2 N–H and O–H groups in total. The van der Waals surface area contributed by atoms with E-state index in [1.807, 2.05) is 0 Å². The second-order valence-electron chi connectivity index (χ2n) is 5.65. The third kappa shape index (κ3) is 4.17. The quantitative estimate of drug-likeness (QED) is 0.784. The molecule has 2 rings (SSSR count). The lowest BCUT2D eigenvalue weighted by Crippen LogP contribution is -2.39. The van der Waals surface area contributed by atoms with E-state index in [-0.39, 0.29) is 18.4 Å². The minimum Gasteiger partial charge on any atom is -0.493 e. The van der Waals surface area contributed by atoms with Crippen molar-refractivity contribution in [3.63, 3.8) is 0 Å². The summed E-state index contributed by atoms with van der Waals surface area (Å²) in [6, 6.07) is 4.99. The van der Waals surface area contributed by atoms with Crippen LogP contribution in [0.5, 0.6) is 11.5 Å². The van der Waals surface area contributed by atoms with Crippen LogP contribution in [0, 0.1) is 11.8 Å². The van der Waals surface area contributed by atoms with Crippen molar-refractivity contribution >= 4 is 11.9 Å². The molecule has 1 saturated heterocycles. The summed E-state index contributed by atoms with van der Waals surface area (Å²) in [4.78, 5) is 24.0. The van der Waals surface area contributed by atoms with E-state index in [1.54, 1.807) is 18.2 Å². The average Bonchev–Trinajstić information content (AvgIpc) is 2.61. The fourth-order valence-electron chi connectivity index (χ4n) is 2.94. The Balaban J connectivity index is 2.07. The van der Waals surface area contributed by atoms with E-state index in [9.17, 15) is 14.7 Å². The zero-order valence-electron chi connectivity index (χ0n) is 13.9. The Hall–Kier alpha value is -2.28. The van der Waals surface area contributed by atoms with Gasteiger partial charge in [0.15, 0.2) is 11.5 Å². The highest BCUT2D eigenvalue weighted by atomic mass is 16.5. The lowest BCUT2D eigenvalue weighted by Gasteiger charge is -2.27. The highest BCUT2D eigenvalue weighted by molar-refractivity contribution is 5.98. The Morgan fingerprint density at radius 3 is 2.58 bits per heavy atom. The van der Waals surface area contributed by atoms with Crippen molar-refractivity contribution in [2.24, 2.45) is 11.8 Å². The van der Waals surface area contributed by atoms with Crippen molar-refractivity contribution in [1.82, 2.24) is 5.32 Å². The Morgan fingerprint density at radius 1 is 1.29 bits per heavy atom. The van der Waals surface area contributed by atoms with Gasteiger partial charge in [-0.05, 0) is 30.9 Å². The first-order chi connectivity index (χ1) is 11.6. The normalized spacial score (nSPS) is 16.2. The maximum absolute atomic E-state index is 12.4. The Morgan fingerprint density at radius 2 is 2.00 bits per heavy atom. The first kappa shape index (κ1) is 18.1. The van der Waals surface area contributed by atoms with Gasteiger partial charge in [0, 0.05) is 19.8 Å². The van der Waals surface area contributed by atoms with Crippen molar-refractivity contribution < 1.29 is 28.9 Å². The van der Waals surface area contributed by atoms with Crippen LogP contribution in [0.25, 0.3) is 0 Å². The standard InChI is InChI=1S/C17H23NO6/c1-22-14-5-3-4-12(15(14)23-2)16(19)18-10-13(17(20)21)11-6-8-24-9-7-11/h3-5,11,13H,6-10H2,1-2H3,(H,18,19)(H,20,21). The van der Waals surface area contributed by atoms with E-state index < -0.39 is 11.9 Å². The largest absolute Gasteiger partial charge is 0.493 e. The van der Waals surface area contributed by atoms with Gasteiger partial charge in [-0.2, -0.15) is 0 Å². The first-order valence-electron chi connectivity index (χ1n) is 7.88. The minimum absolute atomic E-state index is 0.00348. The van der Waals surface area contributed by atoms with Crippen LogP contribution < -0.4 is 14.8 Å². The number of hydrogen-bond donors (Lipinski definition) is 2. The number of methoxy groups -OCH3 is 2. The zero-order valence-corrected chi connectivity index (χ0v) is 13.9. The molecule has 0 aromatic heterocycles. The molecule has 1 unspecified atom stereocenters. The number of rotatable bonds is 7. The molecular formula is C17H23NO6. The number of ether oxygens (including phenoxy) is 3. The van der Waals surface area contributed by atoms with Gasteiger partial charge in [-0.3, -0.25) is 9.59 Å². The van der Waals surface area contributed by atoms with E-state index in [0.29, 0.717) is 43.1 Å². The Labute approximate surface area is 140 Å². The predicted molar refractivity (Wildman–Crippen MR) is 86.5 cm³/mol. The van der Waals surface area contributed by atoms with Crippen LogP contribution in [-0.2, 0) is 9.53 Å². The molecule has 0 spiro atoms. The number of carbonyl (C=O) groups is 2. The third-order valence-electron chi connectivity index (χ3n) is 4.28. The predicted octanol–water partition coefficient (Wildman–Crippen LogP) is 1.56. The molecule has 0 radical (unpaired) electrons. The van der Waals surface area contributed by atoms with Gasteiger partial charge in [0.25, 0.3) is 5.91 Å². The molecule has 1 aromatic rings. The molecule has 7 nitrogen and oxygen atoms in total. The third-order valence-corrected chi connectivity index (χ3v) is 4.28. The maximum Gasteiger partial charge on any atom is 0.308 e. The summed E-state index contributed by atoms with van der Waals surface area (Å²) in [6.07, 6.45) is 1.38. The van der Waals surface area contributed by atoms with Gasteiger partial charge < -0.3 is 24.6 Å². The maximum atomic E-state index is 12.4. The topological polar surface area (TPSA) is 94.1 Å². The SMILES string of the molecule is COc1cccc(C(=O)NCC(C(=O)O)C2CCOCC2)c1OC. The van der Waals surface area contributed by atoms with Gasteiger partial charge >= 0.3 is 5.97 Å². The minimum atomic E-state index is -0.903. The summed E-state index contributed by atoms with van der Waals surface area (Å²) >= 11 is 0. The number of hydrogen-bond acceptors (Lipinski definition) is 5. The van der Waals surface area contributed by atoms with Gasteiger partial charge in [0.2, 0.25) is 0 Å². The molecule has 0 aliphatic carbocycles. The van der Waals surface area contributed by atoms with E-state index in [0.717, 1.165) is 0 Å². The zero-order chi connectivity index (χ0) is 17.5. The number of benzene rings is 1. The summed E-state index contributed by atoms with van der Waals surface area (Å²) in [6.45, 7) is 1.19. The van der Waals surface area contributed by atoms with Crippen molar-refractivity contribution in [2.75, 3.05) is 34.0 Å². The van der Waals surface area contributed by atoms with Crippen LogP contribution in [0.1, 0.15) is 23.2 Å². The molecule has 1 fully saturated rings. The average molecular weight is 337 g/mol. The molecule has 132 valence electrons. The van der Waals surface area contributed by atoms with Crippen molar-refractivity contribution in [3.05, 3.63) is 23.8 Å². The molecule has 1 aromatic carbocycles. The highest BCUT2D eigenvalue weighted by Crippen LogP contribution is 2.30. The lowest BCUT2D eigenvalue weighted by molar-refractivity contribution is -0.144. The van der Waals surface area contributed by atoms with Crippen LogP contribution in [0.15, 0.2) is 18.2 Å². The van der Waals surface area contributed by atoms with Crippen LogP contribution >= 0.6 is 0 Å². The number of amides is 1. The second kappa shape index (κ2) is 8.54. The number of nitrogens with one attached hydrogen (secondary N) is 1. The fraction of sp³-hybridized carbons (Fsp3) is 0.529. The number of para-hydroxylation sites is 1. The van der Waals surface area contributed by atoms with Gasteiger partial charge in [-0.25, -0.2) is 0 Å².